The zero-order valence-corrected chi connectivity index (χ0v) is 15.6. The average Bonchev–Trinajstić information content (AvgIpc) is 3.29. The number of aliphatic carboxylic acids is 1. The van der Waals surface area contributed by atoms with Crippen molar-refractivity contribution in [2.45, 2.75) is 13.3 Å². The summed E-state index contributed by atoms with van der Waals surface area (Å²) in [6.45, 7) is 1.94. The fraction of sp³-hybridized carbons (Fsp3) is 0.316. The van der Waals surface area contributed by atoms with Gasteiger partial charge in [0.25, 0.3) is 0 Å². The molecule has 1 aromatic carbocycles. The van der Waals surface area contributed by atoms with Crippen LogP contribution in [0.3, 0.4) is 0 Å². The molecule has 2 N–H and O–H groups in total. The number of nitrogens with zero attached hydrogens (tertiary/aromatic N) is 1. The highest BCUT2D eigenvalue weighted by Gasteiger charge is 2.51. The number of anilines is 1. The van der Waals surface area contributed by atoms with Crippen LogP contribution in [0, 0.1) is 30.6 Å². The second kappa shape index (κ2) is 6.52. The van der Waals surface area contributed by atoms with E-state index in [2.05, 4.69) is 10.3 Å². The Labute approximate surface area is 159 Å². The number of allylic oxidation sites excluding steroid dienone is 2. The molecule has 1 heterocycles. The summed E-state index contributed by atoms with van der Waals surface area (Å²) in [5.74, 6) is -2.40. The van der Waals surface area contributed by atoms with E-state index < -0.39 is 17.8 Å². The molecule has 5 nitrogen and oxygen atoms in total. The monoisotopic (exact) mass is 388 g/mol. The third-order valence-corrected chi connectivity index (χ3v) is 6.33. The molecule has 0 spiro atoms. The van der Waals surface area contributed by atoms with Crippen molar-refractivity contribution in [3.05, 3.63) is 46.3 Å². The summed E-state index contributed by atoms with van der Waals surface area (Å²) in [6, 6.07) is 7.37. The van der Waals surface area contributed by atoms with Gasteiger partial charge in [0.05, 0.1) is 17.5 Å². The van der Waals surface area contributed by atoms with Crippen molar-refractivity contribution in [2.75, 3.05) is 5.32 Å². The number of rotatable bonds is 4. The van der Waals surface area contributed by atoms with Crippen molar-refractivity contribution in [1.82, 2.24) is 4.98 Å². The number of aryl methyl sites for hydroxylation is 1. The van der Waals surface area contributed by atoms with E-state index in [9.17, 15) is 14.7 Å². The molecule has 2 aliphatic carbocycles. The lowest BCUT2D eigenvalue weighted by atomic mass is 9.82. The highest BCUT2D eigenvalue weighted by molar-refractivity contribution is 7.16. The quantitative estimate of drug-likeness (QED) is 0.768. The molecular weight excluding hydrogens is 372 g/mol. The lowest BCUT2D eigenvalue weighted by molar-refractivity contribution is -0.146. The van der Waals surface area contributed by atoms with E-state index in [1.54, 1.807) is 12.1 Å². The van der Waals surface area contributed by atoms with E-state index in [0.717, 1.165) is 22.6 Å². The van der Waals surface area contributed by atoms with Crippen LogP contribution in [0.1, 0.15) is 11.3 Å². The molecule has 1 saturated carbocycles. The number of nitrogens with one attached hydrogen (secondary N) is 1. The van der Waals surface area contributed by atoms with Gasteiger partial charge < -0.3 is 10.4 Å². The van der Waals surface area contributed by atoms with Crippen LogP contribution in [0.15, 0.2) is 36.4 Å². The van der Waals surface area contributed by atoms with Crippen molar-refractivity contribution in [2.24, 2.45) is 23.7 Å². The number of hydrogen-bond donors (Lipinski definition) is 2. The normalized spacial score (nSPS) is 26.2. The summed E-state index contributed by atoms with van der Waals surface area (Å²) in [7, 11) is 0. The molecule has 7 heteroatoms. The molecule has 2 aromatic rings. The number of aromatic nitrogens is 1. The smallest absolute Gasteiger partial charge is 0.307 e. The molecule has 2 aliphatic rings. The highest BCUT2D eigenvalue weighted by atomic mass is 35.5. The van der Waals surface area contributed by atoms with Crippen LogP contribution in [-0.4, -0.2) is 22.0 Å². The molecule has 4 rings (SSSR count). The second-order valence-corrected chi connectivity index (χ2v) is 8.40. The number of halogens is 1. The fourth-order valence-corrected chi connectivity index (χ4v) is 5.00. The number of hydrogen-bond acceptors (Lipinski definition) is 4. The molecule has 0 radical (unpaired) electrons. The largest absolute Gasteiger partial charge is 0.481 e. The number of carboxylic acid groups (broad SMARTS) is 1. The van der Waals surface area contributed by atoms with Crippen LogP contribution >= 0.6 is 22.9 Å². The fourth-order valence-electron chi connectivity index (χ4n) is 4.03. The molecule has 0 unspecified atom stereocenters. The standard InChI is InChI=1S/C19H17ClN2O3S/c1-9-16(10-4-6-13(20)7-5-10)21-19(26-9)22-17(23)14-11-2-3-12(8-11)15(14)18(24)25/h2-7,11-12,14-15H,8H2,1H3,(H,24,25)(H,21,22,23)/t11-,12+,14+,15+/m1/s1. The van der Waals surface area contributed by atoms with Crippen LogP contribution in [0.5, 0.6) is 0 Å². The Hall–Kier alpha value is -2.18. The Balaban J connectivity index is 1.55. The minimum atomic E-state index is -0.904. The molecule has 0 aliphatic heterocycles. The van der Waals surface area contributed by atoms with E-state index in [4.69, 9.17) is 11.6 Å². The van der Waals surface area contributed by atoms with Crippen molar-refractivity contribution < 1.29 is 14.7 Å². The third kappa shape index (κ3) is 2.93. The van der Waals surface area contributed by atoms with E-state index in [-0.39, 0.29) is 17.7 Å². The molecule has 26 heavy (non-hydrogen) atoms. The number of fused-ring (bicyclic) bond motifs is 2. The number of amides is 1. The van der Waals surface area contributed by atoms with E-state index in [0.29, 0.717) is 10.2 Å². The van der Waals surface area contributed by atoms with Crippen molar-refractivity contribution in [3.63, 3.8) is 0 Å². The van der Waals surface area contributed by atoms with E-state index in [1.165, 1.54) is 11.3 Å². The first kappa shape index (κ1) is 17.2. The second-order valence-electron chi connectivity index (χ2n) is 6.76. The summed E-state index contributed by atoms with van der Waals surface area (Å²) < 4.78 is 0. The maximum absolute atomic E-state index is 12.8. The Bertz CT molecular complexity index is 906. The zero-order chi connectivity index (χ0) is 18.4. The number of benzene rings is 1. The first-order valence-corrected chi connectivity index (χ1v) is 9.59. The lowest BCUT2D eigenvalue weighted by Crippen LogP contribution is -2.36. The van der Waals surface area contributed by atoms with Gasteiger partial charge >= 0.3 is 5.97 Å². The summed E-state index contributed by atoms with van der Waals surface area (Å²) >= 11 is 7.32. The molecule has 1 amide bonds. The van der Waals surface area contributed by atoms with Crippen LogP contribution < -0.4 is 5.32 Å². The molecular formula is C19H17ClN2O3S. The number of carboxylic acids is 1. The maximum Gasteiger partial charge on any atom is 0.307 e. The number of thiazole rings is 1. The highest BCUT2D eigenvalue weighted by Crippen LogP contribution is 2.48. The van der Waals surface area contributed by atoms with Crippen molar-refractivity contribution in [1.29, 1.82) is 0 Å². The zero-order valence-electron chi connectivity index (χ0n) is 14.0. The van der Waals surface area contributed by atoms with Crippen LogP contribution in [0.2, 0.25) is 5.02 Å². The SMILES string of the molecule is Cc1sc(NC(=O)[C@@H]2[C@@H](C(=O)O)[C@H]3C=C[C@@H]2C3)nc1-c1ccc(Cl)cc1. The van der Waals surface area contributed by atoms with Gasteiger partial charge in [0.2, 0.25) is 5.91 Å². The number of carbonyl (C=O) groups excluding carboxylic acids is 1. The van der Waals surface area contributed by atoms with Gasteiger partial charge in [-0.25, -0.2) is 4.98 Å². The first-order chi connectivity index (χ1) is 12.4. The van der Waals surface area contributed by atoms with Gasteiger partial charge in [-0.05, 0) is 37.3 Å². The molecule has 1 aromatic heterocycles. The minimum absolute atomic E-state index is 0.00195. The molecule has 0 saturated heterocycles. The number of carbonyl (C=O) groups is 2. The van der Waals surface area contributed by atoms with E-state index in [1.807, 2.05) is 31.2 Å². The van der Waals surface area contributed by atoms with Crippen LogP contribution in [0.4, 0.5) is 5.13 Å². The van der Waals surface area contributed by atoms with Gasteiger partial charge in [0.15, 0.2) is 5.13 Å². The molecule has 1 fully saturated rings. The topological polar surface area (TPSA) is 79.3 Å². The summed E-state index contributed by atoms with van der Waals surface area (Å²) in [4.78, 5) is 29.9. The Morgan fingerprint density at radius 3 is 2.50 bits per heavy atom. The lowest BCUT2D eigenvalue weighted by Gasteiger charge is -2.23. The van der Waals surface area contributed by atoms with Gasteiger partial charge in [-0.15, -0.1) is 11.3 Å². The molecule has 134 valence electrons. The van der Waals surface area contributed by atoms with Crippen LogP contribution in [-0.2, 0) is 9.59 Å². The molecule has 4 atom stereocenters. The van der Waals surface area contributed by atoms with Crippen LogP contribution in [0.25, 0.3) is 11.3 Å². The first-order valence-electron chi connectivity index (χ1n) is 8.39. The van der Waals surface area contributed by atoms with Crippen molar-refractivity contribution >= 4 is 39.9 Å². The van der Waals surface area contributed by atoms with Gasteiger partial charge in [0.1, 0.15) is 0 Å². The van der Waals surface area contributed by atoms with Gasteiger partial charge in [0, 0.05) is 15.5 Å². The predicted octanol–water partition coefficient (Wildman–Crippen LogP) is 4.23. The van der Waals surface area contributed by atoms with Gasteiger partial charge in [-0.3, -0.25) is 9.59 Å². The molecule has 2 bridgehead atoms. The van der Waals surface area contributed by atoms with E-state index >= 15 is 0 Å². The van der Waals surface area contributed by atoms with Gasteiger partial charge in [-0.2, -0.15) is 0 Å². The predicted molar refractivity (Wildman–Crippen MR) is 101 cm³/mol. The summed E-state index contributed by atoms with van der Waals surface area (Å²) in [5, 5.41) is 13.5. The summed E-state index contributed by atoms with van der Waals surface area (Å²) in [6.07, 6.45) is 4.64. The summed E-state index contributed by atoms with van der Waals surface area (Å²) in [5.41, 5.74) is 1.72. The Morgan fingerprint density at radius 1 is 1.19 bits per heavy atom. The minimum Gasteiger partial charge on any atom is -0.481 e. The van der Waals surface area contributed by atoms with Gasteiger partial charge in [-0.1, -0.05) is 35.9 Å². The Morgan fingerprint density at radius 2 is 1.85 bits per heavy atom. The third-order valence-electron chi connectivity index (χ3n) is 5.19. The maximum atomic E-state index is 12.8. The Kier molecular flexibility index (Phi) is 4.32. The van der Waals surface area contributed by atoms with Crippen molar-refractivity contribution in [3.8, 4) is 11.3 Å². The average molecular weight is 389 g/mol.